The zero-order valence-electron chi connectivity index (χ0n) is 19.5. The van der Waals surface area contributed by atoms with Crippen molar-refractivity contribution in [1.82, 2.24) is 10.6 Å². The Morgan fingerprint density at radius 1 is 0.971 bits per heavy atom. The molecular formula is C23H30F6N2O3. The van der Waals surface area contributed by atoms with Crippen LogP contribution < -0.4 is 10.6 Å². The molecule has 11 heteroatoms. The molecule has 192 valence electrons. The number of benzene rings is 1. The Morgan fingerprint density at radius 3 is 2.00 bits per heavy atom. The summed E-state index contributed by atoms with van der Waals surface area (Å²) in [5, 5.41) is 5.22. The lowest BCUT2D eigenvalue weighted by Crippen LogP contribution is -2.38. The van der Waals surface area contributed by atoms with Crippen LogP contribution in [0.5, 0.6) is 0 Å². The Morgan fingerprint density at radius 2 is 1.53 bits per heavy atom. The van der Waals surface area contributed by atoms with Crippen molar-refractivity contribution in [3.8, 4) is 0 Å². The molecule has 34 heavy (non-hydrogen) atoms. The van der Waals surface area contributed by atoms with E-state index in [0.29, 0.717) is 31.4 Å². The molecular weight excluding hydrogens is 466 g/mol. The maximum atomic E-state index is 13.1. The molecule has 1 unspecified atom stereocenters. The number of hydrogen-bond donors (Lipinski definition) is 2. The Kier molecular flexibility index (Phi) is 8.53. The first kappa shape index (κ1) is 27.8. The number of hydrogen-bond acceptors (Lipinski definition) is 3. The van der Waals surface area contributed by atoms with Crippen LogP contribution in [0.15, 0.2) is 18.2 Å². The number of alkyl carbamates (subject to hydrolysis) is 1. The van der Waals surface area contributed by atoms with Gasteiger partial charge in [-0.05, 0) is 69.7 Å². The van der Waals surface area contributed by atoms with Crippen LogP contribution in [0.3, 0.4) is 0 Å². The fraction of sp³-hybridized carbons (Fsp3) is 0.652. The topological polar surface area (TPSA) is 67.4 Å². The van der Waals surface area contributed by atoms with Crippen LogP contribution in [0.1, 0.15) is 70.1 Å². The van der Waals surface area contributed by atoms with Gasteiger partial charge >= 0.3 is 18.4 Å². The van der Waals surface area contributed by atoms with Crippen LogP contribution in [0.4, 0.5) is 31.1 Å². The second-order valence-corrected chi connectivity index (χ2v) is 9.60. The van der Waals surface area contributed by atoms with Crippen LogP contribution in [-0.2, 0) is 28.4 Å². The van der Waals surface area contributed by atoms with Gasteiger partial charge in [0.25, 0.3) is 0 Å². The van der Waals surface area contributed by atoms with E-state index in [0.717, 1.165) is 6.42 Å². The van der Waals surface area contributed by atoms with Crippen molar-refractivity contribution in [3.63, 3.8) is 0 Å². The van der Waals surface area contributed by atoms with Crippen molar-refractivity contribution in [3.05, 3.63) is 34.9 Å². The maximum absolute atomic E-state index is 13.1. The minimum Gasteiger partial charge on any atom is -0.444 e. The van der Waals surface area contributed by atoms with Gasteiger partial charge in [-0.15, -0.1) is 0 Å². The molecule has 2 amide bonds. The molecule has 0 radical (unpaired) electrons. The van der Waals surface area contributed by atoms with Crippen molar-refractivity contribution < 1.29 is 40.7 Å². The average Bonchev–Trinajstić information content (AvgIpc) is 3.05. The number of alkyl halides is 6. The predicted octanol–water partition coefficient (Wildman–Crippen LogP) is 6.06. The van der Waals surface area contributed by atoms with Gasteiger partial charge in [0.05, 0.1) is 11.1 Å². The largest absolute Gasteiger partial charge is 0.444 e. The third kappa shape index (κ3) is 8.09. The van der Waals surface area contributed by atoms with E-state index in [4.69, 9.17) is 4.74 Å². The molecule has 1 aromatic carbocycles. The summed E-state index contributed by atoms with van der Waals surface area (Å²) in [6.07, 6.45) is -8.25. The molecule has 2 rings (SSSR count). The van der Waals surface area contributed by atoms with Crippen LogP contribution in [0.25, 0.3) is 0 Å². The highest BCUT2D eigenvalue weighted by Gasteiger charge is 2.40. The summed E-state index contributed by atoms with van der Waals surface area (Å²) in [6, 6.07) is 0.917. The summed E-state index contributed by atoms with van der Waals surface area (Å²) in [7, 11) is 0. The van der Waals surface area contributed by atoms with Crippen LogP contribution in [0, 0.1) is 11.8 Å². The predicted molar refractivity (Wildman–Crippen MR) is 113 cm³/mol. The van der Waals surface area contributed by atoms with Crippen molar-refractivity contribution in [2.24, 2.45) is 11.8 Å². The lowest BCUT2D eigenvalue weighted by molar-refractivity contribution is -0.143. The lowest BCUT2D eigenvalue weighted by Gasteiger charge is -2.21. The van der Waals surface area contributed by atoms with Gasteiger partial charge in [0.15, 0.2) is 0 Å². The number of amides is 2. The van der Waals surface area contributed by atoms with Crippen molar-refractivity contribution >= 4 is 12.0 Å². The van der Waals surface area contributed by atoms with Gasteiger partial charge in [-0.25, -0.2) is 4.79 Å². The van der Waals surface area contributed by atoms with Crippen LogP contribution in [0.2, 0.25) is 0 Å². The molecule has 2 N–H and O–H groups in total. The van der Waals surface area contributed by atoms with Crippen molar-refractivity contribution in [2.75, 3.05) is 0 Å². The Hall–Kier alpha value is -2.46. The third-order valence-corrected chi connectivity index (χ3v) is 5.53. The number of halogens is 6. The smallest absolute Gasteiger partial charge is 0.416 e. The number of ether oxygens (including phenoxy) is 1. The average molecular weight is 496 g/mol. The number of rotatable bonds is 6. The van der Waals surface area contributed by atoms with Gasteiger partial charge < -0.3 is 15.4 Å². The van der Waals surface area contributed by atoms with Crippen LogP contribution in [-0.4, -0.2) is 23.6 Å². The van der Waals surface area contributed by atoms with E-state index in [9.17, 15) is 35.9 Å². The molecule has 1 aliphatic carbocycles. The molecule has 0 aromatic heterocycles. The van der Waals surface area contributed by atoms with E-state index in [2.05, 4.69) is 10.6 Å². The normalized spacial score (nSPS) is 21.3. The van der Waals surface area contributed by atoms with E-state index in [1.807, 2.05) is 6.92 Å². The van der Waals surface area contributed by atoms with Gasteiger partial charge in [-0.1, -0.05) is 13.3 Å². The van der Waals surface area contributed by atoms with Gasteiger partial charge in [0.2, 0.25) is 5.91 Å². The Balaban J connectivity index is 2.11. The zero-order valence-corrected chi connectivity index (χ0v) is 19.5. The Bertz CT molecular complexity index is 845. The molecule has 1 aromatic rings. The SMILES string of the molecule is CCCC1C[C@@H](NC(=O)OC(C)(C)C)C[C@H]1C(=O)NCc1cc(C(F)(F)F)cc(C(F)(F)F)c1. The minimum absolute atomic E-state index is 0.0481. The van der Waals surface area contributed by atoms with E-state index < -0.39 is 53.5 Å². The van der Waals surface area contributed by atoms with E-state index >= 15 is 0 Å². The molecule has 3 atom stereocenters. The highest BCUT2D eigenvalue weighted by atomic mass is 19.4. The standard InChI is InChI=1S/C23H30F6N2O3/c1-5-6-14-9-17(31-20(33)34-21(2,3)4)11-18(14)19(32)30-12-13-7-15(22(24,25)26)10-16(8-13)23(27,28)29/h7-8,10,14,17-18H,5-6,9,11-12H2,1-4H3,(H,30,32)(H,31,33)/t14?,17-,18-/m1/s1. The summed E-state index contributed by atoms with van der Waals surface area (Å²) in [4.78, 5) is 24.9. The summed E-state index contributed by atoms with van der Waals surface area (Å²) >= 11 is 0. The lowest BCUT2D eigenvalue weighted by atomic mass is 9.91. The minimum atomic E-state index is -4.96. The van der Waals surface area contributed by atoms with Crippen LogP contribution >= 0.6 is 0 Å². The molecule has 1 aliphatic rings. The quantitative estimate of drug-likeness (QED) is 0.471. The van der Waals surface area contributed by atoms with Crippen molar-refractivity contribution in [1.29, 1.82) is 0 Å². The summed E-state index contributed by atoms with van der Waals surface area (Å²) in [5.74, 6) is -1.09. The summed E-state index contributed by atoms with van der Waals surface area (Å²) < 4.78 is 83.6. The van der Waals surface area contributed by atoms with Crippen molar-refractivity contribution in [2.45, 2.75) is 83.9 Å². The number of carbonyl (C=O) groups is 2. The van der Waals surface area contributed by atoms with Gasteiger partial charge in [0.1, 0.15) is 5.60 Å². The number of carbonyl (C=O) groups excluding carboxylic acids is 2. The van der Waals surface area contributed by atoms with E-state index in [-0.39, 0.29) is 23.6 Å². The highest BCUT2D eigenvalue weighted by molar-refractivity contribution is 5.79. The molecule has 0 saturated heterocycles. The summed E-state index contributed by atoms with van der Waals surface area (Å²) in [6.45, 7) is 6.61. The van der Waals surface area contributed by atoms with Gasteiger partial charge in [0, 0.05) is 18.5 Å². The first-order chi connectivity index (χ1) is 15.5. The molecule has 0 spiro atoms. The monoisotopic (exact) mass is 496 g/mol. The first-order valence-electron chi connectivity index (χ1n) is 11.0. The fourth-order valence-electron chi connectivity index (χ4n) is 4.17. The second kappa shape index (κ2) is 10.4. The molecule has 0 aliphatic heterocycles. The van der Waals surface area contributed by atoms with Gasteiger partial charge in [-0.3, -0.25) is 4.79 Å². The second-order valence-electron chi connectivity index (χ2n) is 9.60. The third-order valence-electron chi connectivity index (χ3n) is 5.53. The first-order valence-corrected chi connectivity index (χ1v) is 11.0. The maximum Gasteiger partial charge on any atom is 0.416 e. The highest BCUT2D eigenvalue weighted by Crippen LogP contribution is 2.37. The molecule has 0 heterocycles. The fourth-order valence-corrected chi connectivity index (χ4v) is 4.17. The van der Waals surface area contributed by atoms with E-state index in [1.54, 1.807) is 20.8 Å². The number of nitrogens with one attached hydrogen (secondary N) is 2. The molecule has 0 bridgehead atoms. The van der Waals surface area contributed by atoms with E-state index in [1.165, 1.54) is 0 Å². The molecule has 5 nitrogen and oxygen atoms in total. The Labute approximate surface area is 194 Å². The zero-order chi connectivity index (χ0) is 25.9. The summed E-state index contributed by atoms with van der Waals surface area (Å²) in [5.41, 5.74) is -3.86. The molecule has 1 fully saturated rings. The van der Waals surface area contributed by atoms with Gasteiger partial charge in [-0.2, -0.15) is 26.3 Å². The molecule has 1 saturated carbocycles.